The second kappa shape index (κ2) is 9.03. The van der Waals surface area contributed by atoms with Crippen LogP contribution in [0, 0.1) is 18.6 Å². The topological polar surface area (TPSA) is 46.5 Å². The maximum atomic E-state index is 15.2. The average Bonchev–Trinajstić information content (AvgIpc) is 2.55. The zero-order valence-corrected chi connectivity index (χ0v) is 15.8. The molecule has 0 aromatic heterocycles. The van der Waals surface area contributed by atoms with Crippen molar-refractivity contribution in [2.75, 3.05) is 5.75 Å². The Hall–Kier alpha value is -2.08. The van der Waals surface area contributed by atoms with Crippen molar-refractivity contribution < 1.29 is 23.4 Å². The van der Waals surface area contributed by atoms with E-state index in [-0.39, 0.29) is 18.3 Å². The molecular weight excluding hydrogens is 358 g/mol. The van der Waals surface area contributed by atoms with Crippen LogP contribution in [0.2, 0.25) is 0 Å². The molecule has 0 radical (unpaired) electrons. The highest BCUT2D eigenvalue weighted by atomic mass is 32.2. The number of rotatable bonds is 8. The minimum absolute atomic E-state index is 0.0460. The fourth-order valence-electron chi connectivity index (χ4n) is 2.54. The summed E-state index contributed by atoms with van der Waals surface area (Å²) in [7, 11) is 0. The Bertz CT molecular complexity index is 791. The molecule has 0 aliphatic rings. The number of aryl methyl sites for hydroxylation is 1. The third-order valence-electron chi connectivity index (χ3n) is 3.63. The fraction of sp³-hybridized carbons (Fsp3) is 0.350. The Balaban J connectivity index is 2.42. The summed E-state index contributed by atoms with van der Waals surface area (Å²) in [4.78, 5) is 11.1. The number of halogens is 2. The molecule has 0 aliphatic carbocycles. The average molecular weight is 380 g/mol. The maximum absolute atomic E-state index is 15.2. The van der Waals surface area contributed by atoms with Crippen LogP contribution in [-0.4, -0.2) is 22.9 Å². The van der Waals surface area contributed by atoms with Gasteiger partial charge in [-0.3, -0.25) is 4.79 Å². The molecule has 0 heterocycles. The van der Waals surface area contributed by atoms with Crippen molar-refractivity contribution in [1.82, 2.24) is 0 Å². The van der Waals surface area contributed by atoms with Crippen LogP contribution in [0.3, 0.4) is 0 Å². The molecule has 0 unspecified atom stereocenters. The zero-order chi connectivity index (χ0) is 19.3. The smallest absolute Gasteiger partial charge is 0.303 e. The molecule has 0 saturated heterocycles. The molecule has 0 amide bonds. The number of aliphatic carboxylic acids is 1. The van der Waals surface area contributed by atoms with Crippen LogP contribution in [-0.2, 0) is 4.79 Å². The molecule has 3 nitrogen and oxygen atoms in total. The summed E-state index contributed by atoms with van der Waals surface area (Å²) in [6.07, 6.45) is 0.249. The summed E-state index contributed by atoms with van der Waals surface area (Å²) in [6, 6.07) is 7.76. The van der Waals surface area contributed by atoms with Gasteiger partial charge in [-0.25, -0.2) is 8.78 Å². The Labute approximate surface area is 156 Å². The second-order valence-electron chi connectivity index (χ2n) is 6.24. The van der Waals surface area contributed by atoms with Gasteiger partial charge in [0.25, 0.3) is 0 Å². The fourth-order valence-corrected chi connectivity index (χ4v) is 3.54. The lowest BCUT2D eigenvalue weighted by molar-refractivity contribution is -0.137. The molecule has 6 heteroatoms. The van der Waals surface area contributed by atoms with Crippen LogP contribution in [0.4, 0.5) is 8.78 Å². The van der Waals surface area contributed by atoms with Crippen LogP contribution < -0.4 is 4.74 Å². The van der Waals surface area contributed by atoms with Crippen molar-refractivity contribution in [3.8, 4) is 16.9 Å². The zero-order valence-electron chi connectivity index (χ0n) is 15.0. The van der Waals surface area contributed by atoms with E-state index in [0.29, 0.717) is 33.8 Å². The van der Waals surface area contributed by atoms with E-state index in [1.165, 1.54) is 23.9 Å². The number of carboxylic acid groups (broad SMARTS) is 1. The van der Waals surface area contributed by atoms with E-state index in [1.54, 1.807) is 39.0 Å². The van der Waals surface area contributed by atoms with Gasteiger partial charge in [0.05, 0.1) is 6.10 Å². The predicted octanol–water partition coefficient (Wildman–Crippen LogP) is 5.68. The van der Waals surface area contributed by atoms with E-state index in [1.807, 2.05) is 0 Å². The molecule has 2 rings (SSSR count). The summed E-state index contributed by atoms with van der Waals surface area (Å²) < 4.78 is 34.5. The molecular formula is C20H22F2O3S. The van der Waals surface area contributed by atoms with Crippen LogP contribution in [0.25, 0.3) is 11.1 Å². The van der Waals surface area contributed by atoms with Crippen LogP contribution in [0.1, 0.15) is 32.3 Å². The van der Waals surface area contributed by atoms with Crippen molar-refractivity contribution in [3.63, 3.8) is 0 Å². The summed E-state index contributed by atoms with van der Waals surface area (Å²) in [6.45, 7) is 5.38. The molecule has 140 valence electrons. The van der Waals surface area contributed by atoms with Gasteiger partial charge in [0.1, 0.15) is 5.82 Å². The first kappa shape index (κ1) is 20.2. The molecule has 26 heavy (non-hydrogen) atoms. The lowest BCUT2D eigenvalue weighted by Crippen LogP contribution is -2.09. The maximum Gasteiger partial charge on any atom is 0.303 e. The van der Waals surface area contributed by atoms with E-state index in [9.17, 15) is 9.18 Å². The summed E-state index contributed by atoms with van der Waals surface area (Å²) in [5, 5.41) is 8.71. The number of benzene rings is 2. The highest BCUT2D eigenvalue weighted by Crippen LogP contribution is 2.40. The summed E-state index contributed by atoms with van der Waals surface area (Å²) >= 11 is 1.27. The van der Waals surface area contributed by atoms with Gasteiger partial charge in [-0.05, 0) is 62.3 Å². The predicted molar refractivity (Wildman–Crippen MR) is 99.9 cm³/mol. The van der Waals surface area contributed by atoms with Gasteiger partial charge in [-0.1, -0.05) is 12.1 Å². The van der Waals surface area contributed by atoms with Gasteiger partial charge in [-0.2, -0.15) is 0 Å². The molecule has 0 atom stereocenters. The number of ether oxygens (including phenoxy) is 1. The molecule has 1 N–H and O–H groups in total. The molecule has 0 aliphatic heterocycles. The van der Waals surface area contributed by atoms with E-state index in [0.717, 1.165) is 0 Å². The van der Waals surface area contributed by atoms with E-state index >= 15 is 4.39 Å². The Morgan fingerprint density at radius 2 is 2.00 bits per heavy atom. The van der Waals surface area contributed by atoms with Crippen LogP contribution in [0.15, 0.2) is 35.2 Å². The first-order chi connectivity index (χ1) is 12.3. The summed E-state index contributed by atoms with van der Waals surface area (Å²) in [5.74, 6) is -1.17. The van der Waals surface area contributed by atoms with Gasteiger partial charge in [0.2, 0.25) is 0 Å². The van der Waals surface area contributed by atoms with E-state index in [2.05, 4.69) is 0 Å². The highest BCUT2D eigenvalue weighted by molar-refractivity contribution is 7.99. The van der Waals surface area contributed by atoms with Crippen LogP contribution >= 0.6 is 11.8 Å². The second-order valence-corrected chi connectivity index (χ2v) is 7.34. The number of carboxylic acids is 1. The Morgan fingerprint density at radius 1 is 1.27 bits per heavy atom. The van der Waals surface area contributed by atoms with Crippen LogP contribution in [0.5, 0.6) is 5.75 Å². The number of carbonyl (C=O) groups is 1. The van der Waals surface area contributed by atoms with Gasteiger partial charge in [0, 0.05) is 16.9 Å². The third kappa shape index (κ3) is 5.21. The van der Waals surface area contributed by atoms with E-state index < -0.39 is 17.6 Å². The molecule has 2 aromatic rings. The van der Waals surface area contributed by atoms with Crippen molar-refractivity contribution in [2.24, 2.45) is 0 Å². The molecule has 0 spiro atoms. The number of hydrogen-bond donors (Lipinski definition) is 1. The Morgan fingerprint density at radius 3 is 2.62 bits per heavy atom. The monoisotopic (exact) mass is 380 g/mol. The van der Waals surface area contributed by atoms with Crippen molar-refractivity contribution in [3.05, 3.63) is 47.5 Å². The normalized spacial score (nSPS) is 11.0. The van der Waals surface area contributed by atoms with Crippen molar-refractivity contribution in [2.45, 2.75) is 44.6 Å². The molecule has 0 fully saturated rings. The molecule has 0 bridgehead atoms. The van der Waals surface area contributed by atoms with Gasteiger partial charge in [-0.15, -0.1) is 11.8 Å². The minimum Gasteiger partial charge on any atom is -0.487 e. The summed E-state index contributed by atoms with van der Waals surface area (Å²) in [5.41, 5.74) is 1.76. The Kier molecular flexibility index (Phi) is 7.03. The lowest BCUT2D eigenvalue weighted by atomic mass is 10.0. The number of hydrogen-bond acceptors (Lipinski definition) is 3. The van der Waals surface area contributed by atoms with Gasteiger partial charge < -0.3 is 9.84 Å². The van der Waals surface area contributed by atoms with Gasteiger partial charge >= 0.3 is 5.97 Å². The standard InChI is InChI=1S/C20H22F2O3S/c1-12(2)25-19-16(14-6-4-7-15(21)11-14)10-13(3)20(18(19)22)26-9-5-8-17(23)24/h4,6-7,10-12H,5,8-9H2,1-3H3,(H,23,24). The SMILES string of the molecule is Cc1cc(-c2cccc(F)c2)c(OC(C)C)c(F)c1SCCCC(=O)O. The molecule has 0 saturated carbocycles. The lowest BCUT2D eigenvalue weighted by Gasteiger charge is -2.19. The first-order valence-electron chi connectivity index (χ1n) is 8.40. The van der Waals surface area contributed by atoms with Crippen molar-refractivity contribution in [1.29, 1.82) is 0 Å². The van der Waals surface area contributed by atoms with Crippen molar-refractivity contribution >= 4 is 17.7 Å². The minimum atomic E-state index is -0.868. The molecule has 2 aromatic carbocycles. The van der Waals surface area contributed by atoms with E-state index in [4.69, 9.17) is 9.84 Å². The third-order valence-corrected chi connectivity index (χ3v) is 4.92. The highest BCUT2D eigenvalue weighted by Gasteiger charge is 2.20. The number of thioether (sulfide) groups is 1. The first-order valence-corrected chi connectivity index (χ1v) is 9.38. The quantitative estimate of drug-likeness (QED) is 0.472. The van der Waals surface area contributed by atoms with Gasteiger partial charge in [0.15, 0.2) is 11.6 Å². The largest absolute Gasteiger partial charge is 0.487 e.